The molecule has 1 aromatic rings. The van der Waals surface area contributed by atoms with Crippen molar-refractivity contribution in [2.45, 2.75) is 32.4 Å². The third-order valence-electron chi connectivity index (χ3n) is 2.73. The van der Waals surface area contributed by atoms with Gasteiger partial charge in [-0.15, -0.1) is 0 Å². The fourth-order valence-electron chi connectivity index (χ4n) is 1.60. The first-order valence-electron chi connectivity index (χ1n) is 6.66. The summed E-state index contributed by atoms with van der Waals surface area (Å²) in [6.45, 7) is 2.95. The van der Waals surface area contributed by atoms with E-state index in [2.05, 4.69) is 26.0 Å². The summed E-state index contributed by atoms with van der Waals surface area (Å²) in [6.07, 6.45) is 2.14. The smallest absolute Gasteiger partial charge is 0.239 e. The molecule has 1 aliphatic carbocycles. The van der Waals surface area contributed by atoms with Crippen LogP contribution in [-0.4, -0.2) is 35.1 Å². The Labute approximate surface area is 117 Å². The molecule has 8 nitrogen and oxygen atoms in total. The van der Waals surface area contributed by atoms with E-state index in [1.54, 1.807) is 6.07 Å². The first-order chi connectivity index (χ1) is 9.71. The Morgan fingerprint density at radius 3 is 2.85 bits per heavy atom. The Balaban J connectivity index is 1.92. The number of nitrogens with two attached hydrogens (primary N) is 1. The number of carbonyl (C=O) groups excluding carboxylic acids is 1. The van der Waals surface area contributed by atoms with E-state index < -0.39 is 0 Å². The predicted octanol–water partition coefficient (Wildman–Crippen LogP) is -0.0108. The number of nitrogen functional groups attached to an aromatic ring is 1. The molecule has 5 N–H and O–H groups in total. The van der Waals surface area contributed by atoms with E-state index >= 15 is 0 Å². The van der Waals surface area contributed by atoms with Crippen LogP contribution in [0.15, 0.2) is 6.07 Å². The predicted molar refractivity (Wildman–Crippen MR) is 74.8 cm³/mol. The van der Waals surface area contributed by atoms with E-state index in [-0.39, 0.29) is 12.5 Å². The zero-order valence-corrected chi connectivity index (χ0v) is 11.5. The van der Waals surface area contributed by atoms with Crippen LogP contribution in [0.2, 0.25) is 0 Å². The minimum atomic E-state index is -0.0419. The van der Waals surface area contributed by atoms with Crippen LogP contribution in [0.1, 0.15) is 25.6 Å². The van der Waals surface area contributed by atoms with Gasteiger partial charge in [-0.25, -0.2) is 15.8 Å². The zero-order valence-electron chi connectivity index (χ0n) is 11.5. The van der Waals surface area contributed by atoms with Gasteiger partial charge in [0, 0.05) is 18.7 Å². The summed E-state index contributed by atoms with van der Waals surface area (Å²) < 4.78 is 5.26. The average molecular weight is 280 g/mol. The number of nitrogens with one attached hydrogen (secondary N) is 3. The Hall–Kier alpha value is -1.93. The Kier molecular flexibility index (Phi) is 5.08. The molecule has 20 heavy (non-hydrogen) atoms. The van der Waals surface area contributed by atoms with Crippen LogP contribution in [0.3, 0.4) is 0 Å². The molecule has 1 heterocycles. The van der Waals surface area contributed by atoms with Crippen LogP contribution in [0.25, 0.3) is 0 Å². The first-order valence-corrected chi connectivity index (χ1v) is 6.66. The molecule has 0 spiro atoms. The van der Waals surface area contributed by atoms with Crippen molar-refractivity contribution in [2.75, 3.05) is 23.9 Å². The molecule has 1 fully saturated rings. The molecule has 1 aromatic heterocycles. The molecule has 110 valence electrons. The number of carbonyl (C=O) groups is 1. The van der Waals surface area contributed by atoms with Crippen molar-refractivity contribution >= 4 is 17.5 Å². The van der Waals surface area contributed by atoms with Gasteiger partial charge in [0.25, 0.3) is 0 Å². The highest BCUT2D eigenvalue weighted by Gasteiger charge is 2.22. The maximum atomic E-state index is 11.6. The number of nitrogens with zero attached hydrogens (tertiary/aromatic N) is 2. The van der Waals surface area contributed by atoms with Gasteiger partial charge >= 0.3 is 0 Å². The first kappa shape index (κ1) is 14.5. The second-order valence-electron chi connectivity index (χ2n) is 4.53. The summed E-state index contributed by atoms with van der Waals surface area (Å²) in [5, 5.41) is 5.85. The molecule has 1 saturated carbocycles. The van der Waals surface area contributed by atoms with E-state index in [4.69, 9.17) is 10.6 Å². The minimum Gasteiger partial charge on any atom is -0.374 e. The van der Waals surface area contributed by atoms with Gasteiger partial charge in [0.05, 0.1) is 6.54 Å². The van der Waals surface area contributed by atoms with E-state index in [0.717, 1.165) is 12.8 Å². The lowest BCUT2D eigenvalue weighted by Crippen LogP contribution is -2.31. The maximum Gasteiger partial charge on any atom is 0.239 e. The molecular formula is C12H20N6O2. The fourth-order valence-corrected chi connectivity index (χ4v) is 1.60. The topological polar surface area (TPSA) is 114 Å². The third-order valence-corrected chi connectivity index (χ3v) is 2.73. The van der Waals surface area contributed by atoms with Gasteiger partial charge < -0.3 is 20.8 Å². The molecule has 0 aromatic carbocycles. The van der Waals surface area contributed by atoms with Crippen LogP contribution in [0, 0.1) is 0 Å². The van der Waals surface area contributed by atoms with E-state index in [0.29, 0.717) is 36.7 Å². The van der Waals surface area contributed by atoms with Crippen LogP contribution < -0.4 is 21.9 Å². The number of amides is 1. The van der Waals surface area contributed by atoms with Crippen molar-refractivity contribution in [2.24, 2.45) is 5.84 Å². The summed E-state index contributed by atoms with van der Waals surface area (Å²) in [5.41, 5.74) is 2.47. The Morgan fingerprint density at radius 1 is 1.45 bits per heavy atom. The summed E-state index contributed by atoms with van der Waals surface area (Å²) >= 11 is 0. The van der Waals surface area contributed by atoms with Crippen molar-refractivity contribution in [3.63, 3.8) is 0 Å². The van der Waals surface area contributed by atoms with Gasteiger partial charge in [0.15, 0.2) is 5.82 Å². The van der Waals surface area contributed by atoms with Crippen LogP contribution in [0.5, 0.6) is 0 Å². The van der Waals surface area contributed by atoms with Crippen molar-refractivity contribution in [3.8, 4) is 0 Å². The maximum absolute atomic E-state index is 11.6. The van der Waals surface area contributed by atoms with Gasteiger partial charge in [0.2, 0.25) is 5.91 Å². The lowest BCUT2D eigenvalue weighted by molar-refractivity contribution is -0.119. The number of anilines is 2. The summed E-state index contributed by atoms with van der Waals surface area (Å²) in [7, 11) is 0. The van der Waals surface area contributed by atoms with Gasteiger partial charge in [-0.3, -0.25) is 4.79 Å². The monoisotopic (exact) mass is 280 g/mol. The molecule has 2 rings (SSSR count). The molecule has 1 aliphatic rings. The summed E-state index contributed by atoms with van der Waals surface area (Å²) in [5.74, 6) is 6.83. The van der Waals surface area contributed by atoms with Crippen molar-refractivity contribution in [3.05, 3.63) is 11.9 Å². The van der Waals surface area contributed by atoms with Crippen LogP contribution in [-0.2, 0) is 16.1 Å². The molecular weight excluding hydrogens is 260 g/mol. The van der Waals surface area contributed by atoms with Crippen LogP contribution >= 0.6 is 0 Å². The average Bonchev–Trinajstić information content (AvgIpc) is 3.26. The fraction of sp³-hybridized carbons (Fsp3) is 0.583. The van der Waals surface area contributed by atoms with Gasteiger partial charge in [-0.1, -0.05) is 0 Å². The second-order valence-corrected chi connectivity index (χ2v) is 4.53. The number of rotatable bonds is 8. The molecule has 0 radical (unpaired) electrons. The van der Waals surface area contributed by atoms with Gasteiger partial charge in [-0.05, 0) is 19.8 Å². The van der Waals surface area contributed by atoms with Crippen LogP contribution in [0.4, 0.5) is 11.6 Å². The largest absolute Gasteiger partial charge is 0.374 e. The lowest BCUT2D eigenvalue weighted by Gasteiger charge is -2.10. The standard InChI is InChI=1S/C12H20N6O2/c1-2-20-7-11-16-9(5-10(17-11)18-13)14-6-12(19)15-8-3-4-8/h5,8H,2-4,6-7,13H2,1H3,(H,15,19)(H2,14,16,17,18). The number of hydrazine groups is 1. The Bertz CT molecular complexity index is 463. The molecule has 0 aliphatic heterocycles. The van der Waals surface area contributed by atoms with E-state index in [9.17, 15) is 4.79 Å². The highest BCUT2D eigenvalue weighted by molar-refractivity contribution is 5.81. The molecule has 0 bridgehead atoms. The molecule has 0 saturated heterocycles. The third kappa shape index (κ3) is 4.63. The second kappa shape index (κ2) is 7.01. The Morgan fingerprint density at radius 2 is 2.20 bits per heavy atom. The normalized spacial score (nSPS) is 13.9. The summed E-state index contributed by atoms with van der Waals surface area (Å²) in [4.78, 5) is 20.0. The highest BCUT2D eigenvalue weighted by Crippen LogP contribution is 2.18. The minimum absolute atomic E-state index is 0.0419. The molecule has 1 amide bonds. The SMILES string of the molecule is CCOCc1nc(NN)cc(NCC(=O)NC2CC2)n1. The number of hydrogen-bond donors (Lipinski definition) is 4. The number of aromatic nitrogens is 2. The van der Waals surface area contributed by atoms with Crippen molar-refractivity contribution < 1.29 is 9.53 Å². The van der Waals surface area contributed by atoms with Gasteiger partial charge in [0.1, 0.15) is 18.2 Å². The number of ether oxygens (including phenoxy) is 1. The highest BCUT2D eigenvalue weighted by atomic mass is 16.5. The summed E-state index contributed by atoms with van der Waals surface area (Å²) in [6, 6.07) is 1.99. The van der Waals surface area contributed by atoms with E-state index in [1.807, 2.05) is 6.92 Å². The van der Waals surface area contributed by atoms with E-state index in [1.165, 1.54) is 0 Å². The van der Waals surface area contributed by atoms with Crippen molar-refractivity contribution in [1.82, 2.24) is 15.3 Å². The molecule has 0 atom stereocenters. The number of hydrogen-bond acceptors (Lipinski definition) is 7. The zero-order chi connectivity index (χ0) is 14.4. The molecule has 8 heteroatoms. The molecule has 0 unspecified atom stereocenters. The van der Waals surface area contributed by atoms with Crippen molar-refractivity contribution in [1.29, 1.82) is 0 Å². The quantitative estimate of drug-likeness (QED) is 0.391. The lowest BCUT2D eigenvalue weighted by atomic mass is 10.4. The van der Waals surface area contributed by atoms with Gasteiger partial charge in [-0.2, -0.15) is 0 Å².